The number of aromatic nitrogens is 3. The van der Waals surface area contributed by atoms with Crippen LogP contribution >= 0.6 is 11.6 Å². The summed E-state index contributed by atoms with van der Waals surface area (Å²) >= 11 is 5.69. The molecule has 1 atom stereocenters. The first-order valence-corrected chi connectivity index (χ1v) is 8.40. The second kappa shape index (κ2) is 6.33. The molecule has 25 heavy (non-hydrogen) atoms. The van der Waals surface area contributed by atoms with E-state index in [2.05, 4.69) is 26.7 Å². The third-order valence-electron chi connectivity index (χ3n) is 4.26. The maximum absolute atomic E-state index is 12.2. The second-order valence-electron chi connectivity index (χ2n) is 5.86. The number of nitrogens with zero attached hydrogens (tertiary/aromatic N) is 3. The van der Waals surface area contributed by atoms with E-state index in [-0.39, 0.29) is 22.9 Å². The lowest BCUT2D eigenvalue weighted by atomic mass is 10.0. The number of fused-ring (bicyclic) bond motifs is 1. The van der Waals surface area contributed by atoms with Gasteiger partial charge in [-0.1, -0.05) is 41.0 Å². The van der Waals surface area contributed by atoms with Gasteiger partial charge in [-0.3, -0.25) is 4.79 Å². The number of aryl methyl sites for hydroxylation is 2. The number of halogens is 1. The molecule has 0 fully saturated rings. The lowest BCUT2D eigenvalue weighted by Gasteiger charge is -2.13. The van der Waals surface area contributed by atoms with Gasteiger partial charge in [0.1, 0.15) is 0 Å². The Kier molecular flexibility index (Phi) is 4.01. The molecule has 8 heteroatoms. The van der Waals surface area contributed by atoms with Gasteiger partial charge >= 0.3 is 0 Å². The average Bonchev–Trinajstić information content (AvgIpc) is 3.34. The van der Waals surface area contributed by atoms with Gasteiger partial charge in [0.2, 0.25) is 17.5 Å². The zero-order chi connectivity index (χ0) is 17.4. The fourth-order valence-electron chi connectivity index (χ4n) is 3.01. The van der Waals surface area contributed by atoms with Crippen LogP contribution in [0, 0.1) is 0 Å². The summed E-state index contributed by atoms with van der Waals surface area (Å²) in [6.07, 6.45) is 2.39. The molecule has 7 nitrogen and oxygen atoms in total. The highest BCUT2D eigenvalue weighted by atomic mass is 35.5. The van der Waals surface area contributed by atoms with E-state index in [0.717, 1.165) is 24.0 Å². The standard InChI is InChI=1S/C17H15ClN4O3/c1-2-15-20-16(22-25-15)10-3-5-11-9(7-10)4-6-12(11)19-17(23)13-8-14(18)21-24-13/h3,5,7-8,12H,2,4,6H2,1H3,(H,19,23)/t12-/m1/s1. The van der Waals surface area contributed by atoms with Gasteiger partial charge in [0, 0.05) is 18.1 Å². The molecule has 0 bridgehead atoms. The summed E-state index contributed by atoms with van der Waals surface area (Å²) in [5.74, 6) is 0.982. The van der Waals surface area contributed by atoms with E-state index in [1.54, 1.807) is 0 Å². The van der Waals surface area contributed by atoms with E-state index < -0.39 is 0 Å². The molecule has 1 N–H and O–H groups in total. The molecule has 0 unspecified atom stereocenters. The number of carbonyl (C=O) groups excluding carboxylic acids is 1. The van der Waals surface area contributed by atoms with Crippen LogP contribution in [0.4, 0.5) is 0 Å². The number of rotatable bonds is 4. The van der Waals surface area contributed by atoms with Gasteiger partial charge in [0.05, 0.1) is 6.04 Å². The Morgan fingerprint density at radius 3 is 2.92 bits per heavy atom. The van der Waals surface area contributed by atoms with Crippen LogP contribution in [0.2, 0.25) is 5.15 Å². The monoisotopic (exact) mass is 358 g/mol. The van der Waals surface area contributed by atoms with Crippen LogP contribution in [-0.4, -0.2) is 21.2 Å². The molecule has 128 valence electrons. The highest BCUT2D eigenvalue weighted by Gasteiger charge is 2.26. The Bertz CT molecular complexity index is 934. The van der Waals surface area contributed by atoms with Crippen molar-refractivity contribution in [2.24, 2.45) is 0 Å². The lowest BCUT2D eigenvalue weighted by molar-refractivity contribution is 0.0899. The molecule has 1 aliphatic rings. The largest absolute Gasteiger partial charge is 0.349 e. The molecule has 0 radical (unpaired) electrons. The normalized spacial score (nSPS) is 16.0. The first-order chi connectivity index (χ1) is 12.1. The third-order valence-corrected chi connectivity index (χ3v) is 4.44. The minimum Gasteiger partial charge on any atom is -0.349 e. The van der Waals surface area contributed by atoms with Crippen LogP contribution in [-0.2, 0) is 12.8 Å². The van der Waals surface area contributed by atoms with Crippen molar-refractivity contribution < 1.29 is 13.8 Å². The van der Waals surface area contributed by atoms with E-state index in [0.29, 0.717) is 18.1 Å². The van der Waals surface area contributed by atoms with Crippen molar-refractivity contribution in [2.75, 3.05) is 0 Å². The molecule has 1 aliphatic carbocycles. The van der Waals surface area contributed by atoms with Crippen molar-refractivity contribution in [1.29, 1.82) is 0 Å². The maximum atomic E-state index is 12.2. The predicted octanol–water partition coefficient (Wildman–Crippen LogP) is 3.36. The zero-order valence-electron chi connectivity index (χ0n) is 13.5. The van der Waals surface area contributed by atoms with Gasteiger partial charge in [-0.2, -0.15) is 4.98 Å². The molecule has 0 aliphatic heterocycles. The van der Waals surface area contributed by atoms with Gasteiger partial charge in [-0.05, 0) is 30.0 Å². The SMILES string of the molecule is CCc1nc(-c2ccc3c(c2)CC[C@H]3NC(=O)c2cc(Cl)no2)no1. The first-order valence-electron chi connectivity index (χ1n) is 8.03. The van der Waals surface area contributed by atoms with E-state index >= 15 is 0 Å². The van der Waals surface area contributed by atoms with E-state index in [4.69, 9.17) is 20.6 Å². The Labute approximate surface area is 148 Å². The van der Waals surface area contributed by atoms with Crippen LogP contribution < -0.4 is 5.32 Å². The van der Waals surface area contributed by atoms with Crippen LogP contribution in [0.5, 0.6) is 0 Å². The van der Waals surface area contributed by atoms with Gasteiger partial charge in [0.25, 0.3) is 5.91 Å². The number of carbonyl (C=O) groups is 1. The minimum absolute atomic E-state index is 0.0723. The van der Waals surface area contributed by atoms with Crippen LogP contribution in [0.25, 0.3) is 11.4 Å². The molecule has 2 heterocycles. The summed E-state index contributed by atoms with van der Waals surface area (Å²) < 4.78 is 10.1. The number of amides is 1. The second-order valence-corrected chi connectivity index (χ2v) is 6.24. The van der Waals surface area contributed by atoms with Crippen molar-refractivity contribution >= 4 is 17.5 Å². The Morgan fingerprint density at radius 2 is 2.20 bits per heavy atom. The molecular formula is C17H15ClN4O3. The predicted molar refractivity (Wildman–Crippen MR) is 89.2 cm³/mol. The van der Waals surface area contributed by atoms with Crippen LogP contribution in [0.15, 0.2) is 33.3 Å². The van der Waals surface area contributed by atoms with Crippen molar-refractivity contribution in [2.45, 2.75) is 32.2 Å². The average molecular weight is 359 g/mol. The summed E-state index contributed by atoms with van der Waals surface area (Å²) in [6, 6.07) is 7.32. The van der Waals surface area contributed by atoms with E-state index in [1.807, 2.05) is 19.1 Å². The number of hydrogen-bond acceptors (Lipinski definition) is 6. The molecule has 1 aromatic carbocycles. The Hall–Kier alpha value is -2.67. The zero-order valence-corrected chi connectivity index (χ0v) is 14.2. The summed E-state index contributed by atoms with van der Waals surface area (Å²) in [7, 11) is 0. The summed E-state index contributed by atoms with van der Waals surface area (Å²) in [5.41, 5.74) is 3.17. The van der Waals surface area contributed by atoms with Crippen molar-refractivity contribution in [3.63, 3.8) is 0 Å². The number of nitrogens with one attached hydrogen (secondary N) is 1. The minimum atomic E-state index is -0.327. The summed E-state index contributed by atoms with van der Waals surface area (Å²) in [6.45, 7) is 1.97. The van der Waals surface area contributed by atoms with Gasteiger partial charge in [0.15, 0.2) is 5.15 Å². The van der Waals surface area contributed by atoms with Gasteiger partial charge < -0.3 is 14.4 Å². The molecule has 0 saturated carbocycles. The number of benzene rings is 1. The molecular weight excluding hydrogens is 344 g/mol. The van der Waals surface area contributed by atoms with Crippen molar-refractivity contribution in [1.82, 2.24) is 20.6 Å². The first kappa shape index (κ1) is 15.8. The number of hydrogen-bond donors (Lipinski definition) is 1. The Morgan fingerprint density at radius 1 is 1.32 bits per heavy atom. The smallest absolute Gasteiger partial charge is 0.290 e. The summed E-state index contributed by atoms with van der Waals surface area (Å²) in [5, 5.41) is 10.6. The van der Waals surface area contributed by atoms with Gasteiger partial charge in [-0.15, -0.1) is 0 Å². The molecule has 1 amide bonds. The molecule has 0 spiro atoms. The topological polar surface area (TPSA) is 94.1 Å². The van der Waals surface area contributed by atoms with Crippen molar-refractivity contribution in [3.8, 4) is 11.4 Å². The maximum Gasteiger partial charge on any atom is 0.290 e. The molecule has 2 aromatic heterocycles. The van der Waals surface area contributed by atoms with Crippen molar-refractivity contribution in [3.05, 3.63) is 52.2 Å². The molecule has 3 aromatic rings. The van der Waals surface area contributed by atoms with Crippen LogP contribution in [0.3, 0.4) is 0 Å². The molecule has 4 rings (SSSR count). The van der Waals surface area contributed by atoms with E-state index in [9.17, 15) is 4.79 Å². The highest BCUT2D eigenvalue weighted by molar-refractivity contribution is 6.29. The van der Waals surface area contributed by atoms with E-state index in [1.165, 1.54) is 11.6 Å². The van der Waals surface area contributed by atoms with Crippen LogP contribution in [0.1, 0.15) is 47.0 Å². The third kappa shape index (κ3) is 3.02. The summed E-state index contributed by atoms with van der Waals surface area (Å²) in [4.78, 5) is 16.6. The lowest BCUT2D eigenvalue weighted by Crippen LogP contribution is -2.26. The Balaban J connectivity index is 1.54. The fourth-order valence-corrected chi connectivity index (χ4v) is 3.15. The highest BCUT2D eigenvalue weighted by Crippen LogP contribution is 2.34. The molecule has 0 saturated heterocycles. The van der Waals surface area contributed by atoms with Gasteiger partial charge in [-0.25, -0.2) is 0 Å². The fraction of sp³-hybridized carbons (Fsp3) is 0.294. The quantitative estimate of drug-likeness (QED) is 0.768.